The van der Waals surface area contributed by atoms with E-state index in [9.17, 15) is 15.3 Å². The molecule has 1 aromatic rings. The van der Waals surface area contributed by atoms with Crippen LogP contribution in [-0.2, 0) is 10.5 Å². The van der Waals surface area contributed by atoms with Crippen molar-refractivity contribution in [1.29, 1.82) is 0 Å². The Bertz CT molecular complexity index is 359. The average molecular weight is 270 g/mol. The molecule has 0 aliphatic carbocycles. The molecule has 0 spiro atoms. The smallest absolute Gasteiger partial charge is 0.157 e. The van der Waals surface area contributed by atoms with Crippen LogP contribution in [0, 0.1) is 0 Å². The molecule has 1 heterocycles. The maximum atomic E-state index is 9.95. The van der Waals surface area contributed by atoms with Crippen LogP contribution in [0.1, 0.15) is 12.0 Å². The van der Waals surface area contributed by atoms with Crippen LogP contribution in [0.2, 0.25) is 0 Å². The highest BCUT2D eigenvalue weighted by Gasteiger charge is 2.37. The van der Waals surface area contributed by atoms with E-state index >= 15 is 0 Å². The Morgan fingerprint density at radius 2 is 1.94 bits per heavy atom. The van der Waals surface area contributed by atoms with Gasteiger partial charge in [-0.3, -0.25) is 0 Å². The summed E-state index contributed by atoms with van der Waals surface area (Å²) in [7, 11) is 0. The second kappa shape index (κ2) is 6.54. The van der Waals surface area contributed by atoms with Crippen LogP contribution in [-0.4, -0.2) is 45.7 Å². The maximum absolute atomic E-state index is 9.95. The van der Waals surface area contributed by atoms with Crippen molar-refractivity contribution >= 4 is 11.8 Å². The van der Waals surface area contributed by atoms with Gasteiger partial charge in [0.2, 0.25) is 0 Å². The van der Waals surface area contributed by atoms with E-state index in [-0.39, 0.29) is 18.3 Å². The van der Waals surface area contributed by atoms with Gasteiger partial charge in [-0.15, -0.1) is 11.8 Å². The third kappa shape index (κ3) is 3.46. The molecule has 100 valence electrons. The first kappa shape index (κ1) is 13.8. The molecule has 1 aliphatic heterocycles. The van der Waals surface area contributed by atoms with E-state index in [1.54, 1.807) is 11.8 Å². The van der Waals surface area contributed by atoms with Gasteiger partial charge in [-0.05, 0) is 5.56 Å². The molecule has 0 amide bonds. The lowest BCUT2D eigenvalue weighted by Crippen LogP contribution is -2.48. The Kier molecular flexibility index (Phi) is 5.03. The molecule has 0 unspecified atom stereocenters. The molecular weight excluding hydrogens is 252 g/mol. The molecule has 2 rings (SSSR count). The lowest BCUT2D eigenvalue weighted by molar-refractivity contribution is -0.193. The zero-order chi connectivity index (χ0) is 13.0. The summed E-state index contributed by atoms with van der Waals surface area (Å²) in [4.78, 5) is 0. The monoisotopic (exact) mass is 270 g/mol. The number of aliphatic hydroxyl groups is 3. The first-order chi connectivity index (χ1) is 8.70. The van der Waals surface area contributed by atoms with Crippen molar-refractivity contribution in [3.05, 3.63) is 35.9 Å². The molecule has 3 N–H and O–H groups in total. The van der Waals surface area contributed by atoms with Crippen LogP contribution >= 0.6 is 11.8 Å². The van der Waals surface area contributed by atoms with Gasteiger partial charge in [0.1, 0.15) is 0 Å². The molecule has 4 nitrogen and oxygen atoms in total. The van der Waals surface area contributed by atoms with Gasteiger partial charge in [-0.25, -0.2) is 0 Å². The molecule has 4 atom stereocenters. The molecule has 1 aromatic carbocycles. The van der Waals surface area contributed by atoms with Gasteiger partial charge < -0.3 is 20.1 Å². The van der Waals surface area contributed by atoms with Crippen molar-refractivity contribution < 1.29 is 20.1 Å². The maximum Gasteiger partial charge on any atom is 0.157 e. The fourth-order valence-corrected chi connectivity index (χ4v) is 3.33. The van der Waals surface area contributed by atoms with Crippen molar-refractivity contribution in [2.45, 2.75) is 35.9 Å². The van der Waals surface area contributed by atoms with Crippen molar-refractivity contribution in [2.75, 3.05) is 6.61 Å². The Hall–Kier alpha value is -0.590. The number of ether oxygens (including phenoxy) is 1. The van der Waals surface area contributed by atoms with E-state index in [4.69, 9.17) is 4.74 Å². The number of hydrogen-bond donors (Lipinski definition) is 3. The largest absolute Gasteiger partial charge is 0.394 e. The van der Waals surface area contributed by atoms with Gasteiger partial charge in [-0.1, -0.05) is 30.3 Å². The zero-order valence-electron chi connectivity index (χ0n) is 9.98. The van der Waals surface area contributed by atoms with Gasteiger partial charge in [0, 0.05) is 12.2 Å². The lowest BCUT2D eigenvalue weighted by atomic mass is 10.1. The van der Waals surface area contributed by atoms with Crippen molar-refractivity contribution in [2.24, 2.45) is 0 Å². The summed E-state index contributed by atoms with van der Waals surface area (Å²) in [5.41, 5.74) is 1.16. The second-order valence-corrected chi connectivity index (χ2v) is 5.54. The minimum Gasteiger partial charge on any atom is -0.394 e. The van der Waals surface area contributed by atoms with E-state index in [1.165, 1.54) is 0 Å². The fourth-order valence-electron chi connectivity index (χ4n) is 2.06. The van der Waals surface area contributed by atoms with Gasteiger partial charge in [-0.2, -0.15) is 0 Å². The quantitative estimate of drug-likeness (QED) is 0.753. The van der Waals surface area contributed by atoms with Crippen LogP contribution in [0.15, 0.2) is 30.3 Å². The SMILES string of the molecule is OC[C@H]1O[C@H](O)C[C@H](O)[C@@H]1SCc1ccccc1. The number of aliphatic hydroxyl groups excluding tert-OH is 3. The summed E-state index contributed by atoms with van der Waals surface area (Å²) in [5.74, 6) is 0.749. The fraction of sp³-hybridized carbons (Fsp3) is 0.538. The highest BCUT2D eigenvalue weighted by atomic mass is 32.2. The second-order valence-electron chi connectivity index (χ2n) is 4.38. The minimum absolute atomic E-state index is 0.194. The summed E-state index contributed by atoms with van der Waals surface area (Å²) in [5, 5.41) is 28.4. The molecule has 5 heteroatoms. The average Bonchev–Trinajstić information content (AvgIpc) is 2.38. The molecule has 0 bridgehead atoms. The molecule has 0 saturated carbocycles. The van der Waals surface area contributed by atoms with Gasteiger partial charge in [0.05, 0.1) is 24.1 Å². The highest BCUT2D eigenvalue weighted by molar-refractivity contribution is 7.99. The topological polar surface area (TPSA) is 69.9 Å². The third-order valence-electron chi connectivity index (χ3n) is 2.99. The molecule has 1 aliphatic rings. The van der Waals surface area contributed by atoms with Crippen LogP contribution < -0.4 is 0 Å². The number of benzene rings is 1. The molecule has 1 saturated heterocycles. The Morgan fingerprint density at radius 3 is 2.61 bits per heavy atom. The zero-order valence-corrected chi connectivity index (χ0v) is 10.8. The summed E-state index contributed by atoms with van der Waals surface area (Å²) in [6.07, 6.45) is -1.95. The first-order valence-electron chi connectivity index (χ1n) is 5.98. The summed E-state index contributed by atoms with van der Waals surface area (Å²) in [6, 6.07) is 9.94. The van der Waals surface area contributed by atoms with Gasteiger partial charge in [0.25, 0.3) is 0 Å². The predicted molar refractivity (Wildman–Crippen MR) is 70.1 cm³/mol. The lowest BCUT2D eigenvalue weighted by Gasteiger charge is -2.36. The Morgan fingerprint density at radius 1 is 1.22 bits per heavy atom. The summed E-state index contributed by atoms with van der Waals surface area (Å²) in [6.45, 7) is -0.194. The predicted octanol–water partition coefficient (Wildman–Crippen LogP) is 0.749. The van der Waals surface area contributed by atoms with E-state index in [1.807, 2.05) is 30.3 Å². The van der Waals surface area contributed by atoms with Crippen molar-refractivity contribution in [3.63, 3.8) is 0 Å². The van der Waals surface area contributed by atoms with Crippen LogP contribution in [0.25, 0.3) is 0 Å². The van der Waals surface area contributed by atoms with Crippen LogP contribution in [0.5, 0.6) is 0 Å². The van der Waals surface area contributed by atoms with Crippen LogP contribution in [0.4, 0.5) is 0 Å². The van der Waals surface area contributed by atoms with Gasteiger partial charge in [0.15, 0.2) is 6.29 Å². The minimum atomic E-state index is -0.981. The van der Waals surface area contributed by atoms with Crippen LogP contribution in [0.3, 0.4) is 0 Å². The summed E-state index contributed by atoms with van der Waals surface area (Å²) >= 11 is 1.55. The first-order valence-corrected chi connectivity index (χ1v) is 7.03. The molecule has 0 aromatic heterocycles. The third-order valence-corrected chi connectivity index (χ3v) is 4.49. The molecule has 1 fully saturated rings. The molecule has 18 heavy (non-hydrogen) atoms. The number of thioether (sulfide) groups is 1. The highest BCUT2D eigenvalue weighted by Crippen LogP contribution is 2.31. The Labute approximate surface area is 111 Å². The van der Waals surface area contributed by atoms with Gasteiger partial charge >= 0.3 is 0 Å². The van der Waals surface area contributed by atoms with E-state index in [2.05, 4.69) is 0 Å². The Balaban J connectivity index is 1.94. The number of hydrogen-bond acceptors (Lipinski definition) is 5. The molecular formula is C13H18O4S. The van der Waals surface area contributed by atoms with Crippen molar-refractivity contribution in [1.82, 2.24) is 0 Å². The summed E-state index contributed by atoms with van der Waals surface area (Å²) < 4.78 is 5.23. The molecule has 0 radical (unpaired) electrons. The standard InChI is InChI=1S/C13H18O4S/c14-7-11-13(10(15)6-12(16)17-11)18-8-9-4-2-1-3-5-9/h1-5,10-16H,6-8H2/t10-,11+,12-,13-/m0/s1. The van der Waals surface area contributed by atoms with E-state index < -0.39 is 18.5 Å². The van der Waals surface area contributed by atoms with E-state index in [0.717, 1.165) is 11.3 Å². The van der Waals surface area contributed by atoms with Crippen molar-refractivity contribution in [3.8, 4) is 0 Å². The normalized spacial score (nSPS) is 32.4. The number of rotatable bonds is 4. The van der Waals surface area contributed by atoms with E-state index in [0.29, 0.717) is 0 Å².